The molecule has 2 aromatic heterocycles. The molecule has 40 heavy (non-hydrogen) atoms. The molecule has 10 heteroatoms. The number of carboxylic acid groups (broad SMARTS) is 1. The summed E-state index contributed by atoms with van der Waals surface area (Å²) in [6.07, 6.45) is 6.59. The van der Waals surface area contributed by atoms with E-state index in [4.69, 9.17) is 16.6 Å². The lowest BCUT2D eigenvalue weighted by atomic mass is 9.97. The van der Waals surface area contributed by atoms with Gasteiger partial charge in [0.1, 0.15) is 16.5 Å². The highest BCUT2D eigenvalue weighted by Gasteiger charge is 2.25. The number of rotatable bonds is 12. The number of aromatic nitrogens is 3. The van der Waals surface area contributed by atoms with Gasteiger partial charge in [-0.05, 0) is 63.4 Å². The molecule has 3 heterocycles. The van der Waals surface area contributed by atoms with Gasteiger partial charge in [0.25, 0.3) is 0 Å². The van der Waals surface area contributed by atoms with E-state index in [0.29, 0.717) is 37.4 Å². The average Bonchev–Trinajstić information content (AvgIpc) is 3.32. The molecule has 216 valence electrons. The zero-order chi connectivity index (χ0) is 27.9. The highest BCUT2D eigenvalue weighted by Crippen LogP contribution is 2.32. The highest BCUT2D eigenvalue weighted by molar-refractivity contribution is 7.12. The number of anilines is 1. The first-order chi connectivity index (χ1) is 18.8. The number of aliphatic carboxylic acids is 1. The molecule has 0 aliphatic carbocycles. The van der Waals surface area contributed by atoms with Gasteiger partial charge in [-0.15, -0.1) is 11.3 Å². The number of piperidine rings is 1. The van der Waals surface area contributed by atoms with Crippen molar-refractivity contribution in [3.63, 3.8) is 0 Å². The normalized spacial score (nSPS) is 13.9. The Labute approximate surface area is 246 Å². The van der Waals surface area contributed by atoms with Crippen LogP contribution in [0.1, 0.15) is 72.9 Å². The molecule has 1 N–H and O–H groups in total. The van der Waals surface area contributed by atoms with Gasteiger partial charge in [0.15, 0.2) is 5.78 Å². The Balaban J connectivity index is 0.00000441. The summed E-state index contributed by atoms with van der Waals surface area (Å²) in [6.45, 7) is 10.4. The van der Waals surface area contributed by atoms with Crippen molar-refractivity contribution >= 4 is 40.5 Å². The molecule has 1 saturated heterocycles. The predicted molar refractivity (Wildman–Crippen MR) is 163 cm³/mol. The third kappa shape index (κ3) is 7.86. The van der Waals surface area contributed by atoms with E-state index in [1.165, 1.54) is 6.20 Å². The quantitative estimate of drug-likeness (QED) is 0.239. The van der Waals surface area contributed by atoms with Gasteiger partial charge in [0.05, 0.1) is 30.4 Å². The summed E-state index contributed by atoms with van der Waals surface area (Å²) >= 11 is 7.87. The molecular formula is C30H40ClN5O3S. The van der Waals surface area contributed by atoms with Gasteiger partial charge in [0, 0.05) is 35.1 Å². The average molecular weight is 586 g/mol. The number of carboxylic acids is 1. The van der Waals surface area contributed by atoms with Crippen molar-refractivity contribution < 1.29 is 14.7 Å². The van der Waals surface area contributed by atoms with E-state index in [-0.39, 0.29) is 25.5 Å². The number of carbonyl (C=O) groups is 2. The van der Waals surface area contributed by atoms with Crippen LogP contribution in [-0.2, 0) is 17.8 Å². The number of aryl methyl sites for hydroxylation is 1. The lowest BCUT2D eigenvalue weighted by Crippen LogP contribution is -2.36. The lowest BCUT2D eigenvalue weighted by Gasteiger charge is -2.30. The van der Waals surface area contributed by atoms with E-state index in [1.807, 2.05) is 24.0 Å². The van der Waals surface area contributed by atoms with Crippen molar-refractivity contribution in [2.75, 3.05) is 31.1 Å². The topological polar surface area (TPSA) is 99.5 Å². The minimum Gasteiger partial charge on any atom is -0.481 e. The van der Waals surface area contributed by atoms with Crippen molar-refractivity contribution in [3.8, 4) is 11.3 Å². The van der Waals surface area contributed by atoms with E-state index in [9.17, 15) is 14.7 Å². The first-order valence-electron chi connectivity index (χ1n) is 13.6. The Morgan fingerprint density at radius 2 is 1.82 bits per heavy atom. The molecule has 3 aromatic rings. The fourth-order valence-corrected chi connectivity index (χ4v) is 6.17. The van der Waals surface area contributed by atoms with Crippen LogP contribution in [-0.4, -0.2) is 62.9 Å². The van der Waals surface area contributed by atoms with Crippen molar-refractivity contribution in [3.05, 3.63) is 56.8 Å². The van der Waals surface area contributed by atoms with Crippen molar-refractivity contribution in [2.24, 2.45) is 5.92 Å². The number of hydrogen-bond acceptors (Lipinski definition) is 8. The van der Waals surface area contributed by atoms with E-state index >= 15 is 0 Å². The maximum Gasteiger partial charge on any atom is 0.306 e. The molecule has 0 bridgehead atoms. The molecule has 0 atom stereocenters. The van der Waals surface area contributed by atoms with Crippen LogP contribution in [0.25, 0.3) is 11.3 Å². The van der Waals surface area contributed by atoms with Crippen LogP contribution in [0.15, 0.2) is 30.6 Å². The number of Topliss-reactive ketones (excluding diaryl/α,β-unsaturated/α-hetero) is 1. The van der Waals surface area contributed by atoms with Gasteiger partial charge < -0.3 is 10.0 Å². The molecular weight excluding hydrogens is 546 g/mol. The second-order valence-corrected chi connectivity index (χ2v) is 11.7. The van der Waals surface area contributed by atoms with Crippen molar-refractivity contribution in [2.45, 2.75) is 66.8 Å². The maximum absolute atomic E-state index is 13.2. The lowest BCUT2D eigenvalue weighted by molar-refractivity contribution is -0.142. The van der Waals surface area contributed by atoms with Crippen molar-refractivity contribution in [1.29, 1.82) is 0 Å². The summed E-state index contributed by atoms with van der Waals surface area (Å²) in [4.78, 5) is 43.8. The fourth-order valence-electron chi connectivity index (χ4n) is 4.92. The van der Waals surface area contributed by atoms with Crippen LogP contribution < -0.4 is 4.90 Å². The smallest absolute Gasteiger partial charge is 0.306 e. The molecule has 1 aliphatic heterocycles. The molecule has 0 amide bonds. The molecule has 8 nitrogen and oxygen atoms in total. The van der Waals surface area contributed by atoms with Gasteiger partial charge in [-0.25, -0.2) is 15.0 Å². The van der Waals surface area contributed by atoms with E-state index in [1.54, 1.807) is 17.5 Å². The second-order valence-electron chi connectivity index (χ2n) is 10.1. The summed E-state index contributed by atoms with van der Waals surface area (Å²) in [5.41, 5.74) is 3.21. The first kappa shape index (κ1) is 31.6. The van der Waals surface area contributed by atoms with E-state index in [0.717, 1.165) is 64.2 Å². The van der Waals surface area contributed by atoms with Crippen LogP contribution in [0.2, 0.25) is 5.02 Å². The Kier molecular flexibility index (Phi) is 11.6. The summed E-state index contributed by atoms with van der Waals surface area (Å²) in [7, 11) is 0. The minimum atomic E-state index is -0.746. The molecule has 1 aromatic carbocycles. The molecule has 0 spiro atoms. The summed E-state index contributed by atoms with van der Waals surface area (Å²) in [5.74, 6) is -0.517. The Hall–Kier alpha value is -2.88. The molecule has 1 aliphatic rings. The van der Waals surface area contributed by atoms with Gasteiger partial charge in [-0.2, -0.15) is 0 Å². The number of nitrogens with zero attached hydrogens (tertiary/aromatic N) is 5. The number of carbonyl (C=O) groups excluding carboxylic acids is 1. The maximum atomic E-state index is 13.2. The third-order valence-corrected chi connectivity index (χ3v) is 8.49. The van der Waals surface area contributed by atoms with Gasteiger partial charge in [-0.3, -0.25) is 14.5 Å². The minimum absolute atomic E-state index is 0. The third-order valence-electron chi connectivity index (χ3n) is 7.02. The second kappa shape index (κ2) is 14.7. The molecule has 0 radical (unpaired) electrons. The fraction of sp³-hybridized carbons (Fsp3) is 0.500. The molecule has 0 saturated carbocycles. The van der Waals surface area contributed by atoms with Crippen LogP contribution in [0, 0.1) is 12.8 Å². The molecule has 1 fully saturated rings. The Bertz CT molecular complexity index is 1280. The van der Waals surface area contributed by atoms with Crippen LogP contribution in [0.4, 0.5) is 5.82 Å². The largest absolute Gasteiger partial charge is 0.481 e. The Morgan fingerprint density at radius 3 is 2.40 bits per heavy atom. The zero-order valence-electron chi connectivity index (χ0n) is 22.8. The van der Waals surface area contributed by atoms with E-state index < -0.39 is 5.97 Å². The monoisotopic (exact) mass is 585 g/mol. The number of halogens is 1. The van der Waals surface area contributed by atoms with Crippen LogP contribution in [0.5, 0.6) is 0 Å². The predicted octanol–water partition coefficient (Wildman–Crippen LogP) is 6.55. The summed E-state index contributed by atoms with van der Waals surface area (Å²) in [5, 5.41) is 10.7. The van der Waals surface area contributed by atoms with Crippen LogP contribution in [0.3, 0.4) is 0 Å². The first-order valence-corrected chi connectivity index (χ1v) is 14.8. The van der Waals surface area contributed by atoms with E-state index in [2.05, 4.69) is 34.8 Å². The van der Waals surface area contributed by atoms with Gasteiger partial charge in [0.2, 0.25) is 0 Å². The summed E-state index contributed by atoms with van der Waals surface area (Å²) in [6, 6.07) is 5.95. The number of benzene rings is 1. The van der Waals surface area contributed by atoms with Gasteiger partial charge >= 0.3 is 5.97 Å². The number of thiazole rings is 1. The highest BCUT2D eigenvalue weighted by atomic mass is 35.5. The van der Waals surface area contributed by atoms with Crippen molar-refractivity contribution in [1.82, 2.24) is 19.9 Å². The number of ketones is 1. The SMILES string of the molecule is C.CCCN(CCC)Cc1sc(CC(=O)c2cnc(N3CCC(C(=O)O)CC3)cn2)nc1-c1ccc(Cl)c(C)c1. The Morgan fingerprint density at radius 1 is 1.12 bits per heavy atom. The zero-order valence-corrected chi connectivity index (χ0v) is 24.4. The summed E-state index contributed by atoms with van der Waals surface area (Å²) < 4.78 is 0. The molecule has 4 rings (SSSR count). The number of hydrogen-bond donors (Lipinski definition) is 1. The van der Waals surface area contributed by atoms with Gasteiger partial charge in [-0.1, -0.05) is 38.9 Å². The van der Waals surface area contributed by atoms with Crippen LogP contribution >= 0.6 is 22.9 Å². The standard InChI is InChI=1S/C29H36ClN5O3S.CH4/c1-4-10-34(11-5-2)18-25-28(21-6-7-22(30)19(3)14-21)33-27(39-25)15-24(36)23-16-32-26(17-31-23)35-12-8-20(9-13-35)29(37)38;/h6-7,14,16-17,20H,4-5,8-13,15,18H2,1-3H3,(H,37,38);1H4. The molecule has 0 unspecified atom stereocenters.